The standard InChI is InChI=1S/C51H63N9O7S/c1-33(2)41-6-4-5-7-42(41)45-32-58(36-8-9-36)22-23-59(45)38-27-51(28-38)17-20-57(21-18-51)37-10-11-43(46(25-37)67-39-24-35-14-19-52-47(35)54-30-39)49(61)56-68(65,66)40-26-44(60(63)64)48(55-31-40)53-29-34-12-15-50(3,62)16-13-34/h4-7,10-11,14,19,24-26,30-31,33-34,36,38,45,62H,8-9,12-13,15-18,20-23,27-29,32H2,1-3H3,(H,52,54)(H,53,55)(H,56,61)/t34?,45-,50?/m1/s1. The van der Waals surface area contributed by atoms with Crippen molar-refractivity contribution in [1.82, 2.24) is 29.5 Å². The van der Waals surface area contributed by atoms with Gasteiger partial charge >= 0.3 is 5.69 Å². The number of anilines is 2. The first-order valence-electron chi connectivity index (χ1n) is 24.4. The molecule has 2 saturated heterocycles. The largest absolute Gasteiger partial charge is 0.455 e. The number of rotatable bonds is 14. The number of nitrogens with zero attached hydrogens (tertiary/aromatic N) is 6. The monoisotopic (exact) mass is 945 g/mol. The zero-order valence-corrected chi connectivity index (χ0v) is 40.0. The van der Waals surface area contributed by atoms with Gasteiger partial charge in [0, 0.05) is 86.8 Å². The lowest BCUT2D eigenvalue weighted by atomic mass is 9.59. The number of sulfonamides is 1. The molecule has 1 amide bonds. The molecule has 360 valence electrons. The summed E-state index contributed by atoms with van der Waals surface area (Å²) in [6.45, 7) is 11.8. The van der Waals surface area contributed by atoms with E-state index in [2.05, 4.69) is 77.8 Å². The van der Waals surface area contributed by atoms with Gasteiger partial charge in [-0.05, 0) is 124 Å². The number of nitro groups is 1. The van der Waals surface area contributed by atoms with Crippen LogP contribution in [0.25, 0.3) is 11.0 Å². The molecule has 5 fully saturated rings. The van der Waals surface area contributed by atoms with Gasteiger partial charge in [0.15, 0.2) is 0 Å². The summed E-state index contributed by atoms with van der Waals surface area (Å²) in [5.41, 5.74) is 3.45. The van der Waals surface area contributed by atoms with E-state index in [1.54, 1.807) is 31.3 Å². The minimum atomic E-state index is -4.63. The van der Waals surface area contributed by atoms with E-state index in [-0.39, 0.29) is 28.5 Å². The van der Waals surface area contributed by atoms with Crippen molar-refractivity contribution in [1.29, 1.82) is 0 Å². The van der Waals surface area contributed by atoms with Crippen molar-refractivity contribution in [3.05, 3.63) is 106 Å². The van der Waals surface area contributed by atoms with E-state index in [0.717, 1.165) is 87.8 Å². The van der Waals surface area contributed by atoms with Crippen LogP contribution in [0.5, 0.6) is 11.5 Å². The van der Waals surface area contributed by atoms with Crippen molar-refractivity contribution in [2.24, 2.45) is 11.3 Å². The number of piperazine rings is 1. The second-order valence-electron chi connectivity index (χ2n) is 20.7. The molecule has 0 unspecified atom stereocenters. The minimum absolute atomic E-state index is 0.0376. The van der Waals surface area contributed by atoms with Crippen molar-refractivity contribution >= 4 is 44.2 Å². The Bertz CT molecular complexity index is 2780. The highest BCUT2D eigenvalue weighted by molar-refractivity contribution is 7.90. The third-order valence-corrected chi connectivity index (χ3v) is 16.9. The van der Waals surface area contributed by atoms with E-state index >= 15 is 0 Å². The number of ether oxygens (including phenoxy) is 1. The van der Waals surface area contributed by atoms with Crippen LogP contribution in [0.2, 0.25) is 0 Å². The van der Waals surface area contributed by atoms with Crippen LogP contribution >= 0.6 is 0 Å². The zero-order chi connectivity index (χ0) is 47.4. The number of hydrogen-bond donors (Lipinski definition) is 4. The normalized spacial score (nSPS) is 23.7. The highest BCUT2D eigenvalue weighted by Gasteiger charge is 2.51. The first kappa shape index (κ1) is 46.1. The van der Waals surface area contributed by atoms with E-state index in [1.807, 2.05) is 12.1 Å². The lowest BCUT2D eigenvalue weighted by Gasteiger charge is -2.58. The minimum Gasteiger partial charge on any atom is -0.455 e. The SMILES string of the molecule is CC(C)c1ccccc1[C@H]1CN(C2CC2)CCN1C1CC2(CCN(c3ccc(C(=O)NS(=O)(=O)c4cnc(NCC5CCC(C)(O)CC5)c([N+](=O)[O-])c4)c(Oc4cnc5[nH]ccc5c4)c3)CC2)C1. The molecule has 1 atom stereocenters. The molecule has 17 heteroatoms. The first-order chi connectivity index (χ1) is 32.6. The molecule has 1 spiro atoms. The Hall–Kier alpha value is -5.62. The molecular weight excluding hydrogens is 883 g/mol. The molecule has 0 radical (unpaired) electrons. The van der Waals surface area contributed by atoms with Crippen LogP contribution in [-0.4, -0.2) is 106 Å². The molecule has 5 aliphatic rings. The number of hydrogen-bond acceptors (Lipinski definition) is 13. The molecule has 3 aliphatic carbocycles. The summed E-state index contributed by atoms with van der Waals surface area (Å²) in [5, 5.41) is 26.3. The van der Waals surface area contributed by atoms with Crippen molar-refractivity contribution in [3.63, 3.8) is 0 Å². The second kappa shape index (κ2) is 18.4. The fourth-order valence-corrected chi connectivity index (χ4v) is 12.3. The predicted octanol–water partition coefficient (Wildman–Crippen LogP) is 8.52. The lowest BCUT2D eigenvalue weighted by molar-refractivity contribution is -0.384. The maximum absolute atomic E-state index is 14.0. The number of carbonyl (C=O) groups is 1. The van der Waals surface area contributed by atoms with E-state index in [9.17, 15) is 28.4 Å². The molecular formula is C51H63N9O7S. The van der Waals surface area contributed by atoms with Crippen LogP contribution in [0.3, 0.4) is 0 Å². The molecule has 68 heavy (non-hydrogen) atoms. The fraction of sp³-hybridized carbons (Fsp3) is 0.510. The first-order valence-corrected chi connectivity index (χ1v) is 25.9. The number of H-pyrrole nitrogens is 1. The Morgan fingerprint density at radius 1 is 0.956 bits per heavy atom. The Labute approximate surface area is 398 Å². The van der Waals surface area contributed by atoms with Gasteiger partial charge in [-0.3, -0.25) is 24.7 Å². The summed E-state index contributed by atoms with van der Waals surface area (Å²) in [7, 11) is -4.63. The third kappa shape index (κ3) is 9.67. The Kier molecular flexibility index (Phi) is 12.5. The molecule has 10 rings (SSSR count). The highest BCUT2D eigenvalue weighted by Crippen LogP contribution is 2.54. The van der Waals surface area contributed by atoms with E-state index in [1.165, 1.54) is 43.0 Å². The Morgan fingerprint density at radius 2 is 1.72 bits per heavy atom. The van der Waals surface area contributed by atoms with Crippen molar-refractivity contribution in [2.75, 3.05) is 49.5 Å². The third-order valence-electron chi connectivity index (χ3n) is 15.6. The van der Waals surface area contributed by atoms with E-state index < -0.39 is 37.0 Å². The van der Waals surface area contributed by atoms with Gasteiger partial charge in [-0.15, -0.1) is 0 Å². The fourth-order valence-electron chi connectivity index (χ4n) is 11.4. The maximum atomic E-state index is 14.0. The molecule has 5 aromatic rings. The summed E-state index contributed by atoms with van der Waals surface area (Å²) in [5.74, 6) is 0.0963. The van der Waals surface area contributed by atoms with Gasteiger partial charge in [0.05, 0.1) is 28.5 Å². The molecule has 16 nitrogen and oxygen atoms in total. The summed E-state index contributed by atoms with van der Waals surface area (Å²) in [4.78, 5) is 44.5. The van der Waals surface area contributed by atoms with Crippen LogP contribution < -0.4 is 19.7 Å². The average molecular weight is 946 g/mol. The van der Waals surface area contributed by atoms with Gasteiger partial charge in [-0.25, -0.2) is 23.1 Å². The molecule has 2 aliphatic heterocycles. The number of aromatic nitrogens is 3. The number of carbonyl (C=O) groups excluding carboxylic acids is 1. The second-order valence-corrected chi connectivity index (χ2v) is 22.4. The van der Waals surface area contributed by atoms with Crippen LogP contribution in [0.4, 0.5) is 17.2 Å². The zero-order valence-electron chi connectivity index (χ0n) is 39.2. The number of aromatic amines is 1. The topological polar surface area (TPSA) is 199 Å². The quantitative estimate of drug-likeness (QED) is 0.0611. The molecule has 3 saturated carbocycles. The lowest BCUT2D eigenvalue weighted by Crippen LogP contribution is -2.60. The predicted molar refractivity (Wildman–Crippen MR) is 261 cm³/mol. The summed E-state index contributed by atoms with van der Waals surface area (Å²) >= 11 is 0. The molecule has 2 aromatic carbocycles. The van der Waals surface area contributed by atoms with Gasteiger partial charge in [0.1, 0.15) is 22.0 Å². The van der Waals surface area contributed by atoms with Crippen molar-refractivity contribution in [2.45, 2.75) is 120 Å². The Balaban J connectivity index is 0.836. The summed E-state index contributed by atoms with van der Waals surface area (Å²) < 4.78 is 36.0. The highest BCUT2D eigenvalue weighted by atomic mass is 32.2. The number of aliphatic hydroxyl groups is 1. The average Bonchev–Trinajstić information content (AvgIpc) is 4.07. The number of amides is 1. The van der Waals surface area contributed by atoms with Crippen LogP contribution in [0.1, 0.15) is 118 Å². The van der Waals surface area contributed by atoms with E-state index in [0.29, 0.717) is 48.8 Å². The number of nitrogens with one attached hydrogen (secondary N) is 3. The maximum Gasteiger partial charge on any atom is 0.312 e. The van der Waals surface area contributed by atoms with E-state index in [4.69, 9.17) is 4.74 Å². The van der Waals surface area contributed by atoms with Crippen molar-refractivity contribution in [3.8, 4) is 11.5 Å². The van der Waals surface area contributed by atoms with Gasteiger partial charge in [-0.2, -0.15) is 0 Å². The van der Waals surface area contributed by atoms with Crippen LogP contribution in [-0.2, 0) is 10.0 Å². The Morgan fingerprint density at radius 3 is 2.46 bits per heavy atom. The van der Waals surface area contributed by atoms with Crippen molar-refractivity contribution < 1.29 is 28.0 Å². The molecule has 4 N–H and O–H groups in total. The van der Waals surface area contributed by atoms with Gasteiger partial charge in [-0.1, -0.05) is 38.1 Å². The molecule has 3 aromatic heterocycles. The summed E-state index contributed by atoms with van der Waals surface area (Å²) in [6.07, 6.45) is 14.1. The van der Waals surface area contributed by atoms with Gasteiger partial charge in [0.2, 0.25) is 5.82 Å². The number of benzene rings is 2. The number of pyridine rings is 2. The smallest absolute Gasteiger partial charge is 0.312 e. The number of piperidine rings is 1. The number of fused-ring (bicyclic) bond motifs is 1. The molecule has 5 heterocycles. The van der Waals surface area contributed by atoms with Gasteiger partial charge < -0.3 is 25.0 Å². The molecule has 0 bridgehead atoms. The van der Waals surface area contributed by atoms with Crippen LogP contribution in [0.15, 0.2) is 84.1 Å². The summed E-state index contributed by atoms with van der Waals surface area (Å²) in [6, 6.07) is 20.5. The van der Waals surface area contributed by atoms with Crippen LogP contribution in [0, 0.1) is 21.4 Å². The van der Waals surface area contributed by atoms with Gasteiger partial charge in [0.25, 0.3) is 15.9 Å².